The van der Waals surface area contributed by atoms with Crippen LogP contribution in [0.2, 0.25) is 0 Å². The maximum Gasteiger partial charge on any atom is 0.408 e. The van der Waals surface area contributed by atoms with Crippen LogP contribution in [0.5, 0.6) is 0 Å². The molecule has 0 bridgehead atoms. The minimum absolute atomic E-state index is 0.218. The van der Waals surface area contributed by atoms with Gasteiger partial charge in [-0.3, -0.25) is 9.59 Å². The number of nitrogens with one attached hydrogen (secondary N) is 2. The highest BCUT2D eigenvalue weighted by atomic mass is 16.6. The van der Waals surface area contributed by atoms with Gasteiger partial charge in [0, 0.05) is 11.6 Å². The van der Waals surface area contributed by atoms with Gasteiger partial charge in [0.05, 0.1) is 0 Å². The Bertz CT molecular complexity index is 761. The summed E-state index contributed by atoms with van der Waals surface area (Å²) in [5.74, 6) is -0.614. The fourth-order valence-corrected chi connectivity index (χ4v) is 3.02. The van der Waals surface area contributed by atoms with Crippen molar-refractivity contribution in [1.82, 2.24) is 15.5 Å². The van der Waals surface area contributed by atoms with Crippen molar-refractivity contribution in [2.45, 2.75) is 92.0 Å². The number of amides is 3. The quantitative estimate of drug-likeness (QED) is 0.678. The van der Waals surface area contributed by atoms with E-state index in [1.165, 1.54) is 0 Å². The van der Waals surface area contributed by atoms with E-state index < -0.39 is 23.3 Å². The summed E-state index contributed by atoms with van der Waals surface area (Å²) < 4.78 is 5.23. The van der Waals surface area contributed by atoms with Gasteiger partial charge in [-0.2, -0.15) is 0 Å². The van der Waals surface area contributed by atoms with Crippen LogP contribution in [0.3, 0.4) is 0 Å². The second-order valence-electron chi connectivity index (χ2n) is 9.97. The van der Waals surface area contributed by atoms with E-state index >= 15 is 0 Å². The van der Waals surface area contributed by atoms with Crippen LogP contribution >= 0.6 is 0 Å². The van der Waals surface area contributed by atoms with Crippen LogP contribution in [-0.2, 0) is 14.3 Å². The monoisotopic (exact) mass is 433 g/mol. The Morgan fingerprint density at radius 3 is 2.03 bits per heavy atom. The minimum Gasteiger partial charge on any atom is -0.444 e. The molecular weight excluding hydrogens is 394 g/mol. The molecule has 2 unspecified atom stereocenters. The first-order valence-corrected chi connectivity index (χ1v) is 10.8. The molecule has 7 nitrogen and oxygen atoms in total. The topological polar surface area (TPSA) is 87.7 Å². The lowest BCUT2D eigenvalue weighted by molar-refractivity contribution is -0.143. The van der Waals surface area contributed by atoms with Gasteiger partial charge in [-0.05, 0) is 67.4 Å². The summed E-state index contributed by atoms with van der Waals surface area (Å²) in [5, 5.41) is 5.51. The molecule has 0 aliphatic heterocycles. The standard InChI is InChI=1S/C24H39N3O4/c1-10-17(3)27(19(28)15-25-22(30)31-24(7,8)9)20(21(29)26-23(4,5)6)18-13-11-16(2)12-14-18/h11-14,17,20H,10,15H2,1-9H3,(H,25,30)(H,26,29). The summed E-state index contributed by atoms with van der Waals surface area (Å²) in [6, 6.07) is 6.54. The average Bonchev–Trinajstić information content (AvgIpc) is 2.61. The smallest absolute Gasteiger partial charge is 0.408 e. The van der Waals surface area contributed by atoms with Crippen LogP contribution in [0.25, 0.3) is 0 Å². The van der Waals surface area contributed by atoms with E-state index in [0.29, 0.717) is 6.42 Å². The molecule has 7 heteroatoms. The number of hydrogen-bond acceptors (Lipinski definition) is 4. The summed E-state index contributed by atoms with van der Waals surface area (Å²) in [6.45, 7) is 16.5. The summed E-state index contributed by atoms with van der Waals surface area (Å²) in [4.78, 5) is 40.2. The van der Waals surface area contributed by atoms with E-state index in [1.807, 2.05) is 65.8 Å². The molecule has 31 heavy (non-hydrogen) atoms. The average molecular weight is 434 g/mol. The molecule has 1 aromatic carbocycles. The molecule has 0 aromatic heterocycles. The second-order valence-corrected chi connectivity index (χ2v) is 9.97. The second kappa shape index (κ2) is 10.6. The Labute approximate surface area is 186 Å². The number of alkyl carbamates (subject to hydrolysis) is 1. The lowest BCUT2D eigenvalue weighted by Crippen LogP contribution is -2.53. The van der Waals surface area contributed by atoms with Crippen molar-refractivity contribution in [3.63, 3.8) is 0 Å². The molecule has 2 N–H and O–H groups in total. The van der Waals surface area contributed by atoms with Crippen molar-refractivity contribution in [1.29, 1.82) is 0 Å². The first kappa shape index (κ1) is 26.5. The largest absolute Gasteiger partial charge is 0.444 e. The summed E-state index contributed by atoms with van der Waals surface area (Å²) in [5.41, 5.74) is 0.657. The molecule has 174 valence electrons. The van der Waals surface area contributed by atoms with Crippen molar-refractivity contribution < 1.29 is 19.1 Å². The SMILES string of the molecule is CCC(C)N(C(=O)CNC(=O)OC(C)(C)C)C(C(=O)NC(C)(C)C)c1ccc(C)cc1. The molecule has 1 aromatic rings. The molecular formula is C24H39N3O4. The predicted octanol–water partition coefficient (Wildman–Crippen LogP) is 4.10. The maximum atomic E-state index is 13.3. The van der Waals surface area contributed by atoms with Crippen molar-refractivity contribution >= 4 is 17.9 Å². The van der Waals surface area contributed by atoms with Gasteiger partial charge in [0.25, 0.3) is 0 Å². The zero-order valence-corrected chi connectivity index (χ0v) is 20.5. The molecule has 0 saturated heterocycles. The first-order chi connectivity index (χ1) is 14.1. The first-order valence-electron chi connectivity index (χ1n) is 10.8. The Morgan fingerprint density at radius 1 is 1.03 bits per heavy atom. The summed E-state index contributed by atoms with van der Waals surface area (Å²) >= 11 is 0. The number of benzene rings is 1. The lowest BCUT2D eigenvalue weighted by atomic mass is 9.98. The Balaban J connectivity index is 3.25. The van der Waals surface area contributed by atoms with E-state index in [9.17, 15) is 14.4 Å². The van der Waals surface area contributed by atoms with Gasteiger partial charge in [0.15, 0.2) is 0 Å². The number of ether oxygens (including phenoxy) is 1. The molecule has 0 aliphatic rings. The molecule has 0 fully saturated rings. The number of aryl methyl sites for hydroxylation is 1. The van der Waals surface area contributed by atoms with Gasteiger partial charge in [-0.25, -0.2) is 4.79 Å². The maximum absolute atomic E-state index is 13.3. The molecule has 2 atom stereocenters. The van der Waals surface area contributed by atoms with Crippen LogP contribution in [0, 0.1) is 6.92 Å². The normalized spacial score (nSPS) is 13.7. The van der Waals surface area contributed by atoms with Gasteiger partial charge >= 0.3 is 6.09 Å². The van der Waals surface area contributed by atoms with E-state index in [1.54, 1.807) is 25.7 Å². The molecule has 0 saturated carbocycles. The highest BCUT2D eigenvalue weighted by Crippen LogP contribution is 2.26. The van der Waals surface area contributed by atoms with E-state index in [2.05, 4.69) is 10.6 Å². The van der Waals surface area contributed by atoms with Gasteiger partial charge < -0.3 is 20.3 Å². The van der Waals surface area contributed by atoms with Gasteiger partial charge in [-0.15, -0.1) is 0 Å². The predicted molar refractivity (Wildman–Crippen MR) is 123 cm³/mol. The van der Waals surface area contributed by atoms with Gasteiger partial charge in [0.1, 0.15) is 18.2 Å². The lowest BCUT2D eigenvalue weighted by Gasteiger charge is -2.37. The van der Waals surface area contributed by atoms with Crippen molar-refractivity contribution in [2.24, 2.45) is 0 Å². The van der Waals surface area contributed by atoms with Crippen LogP contribution in [-0.4, -0.2) is 46.5 Å². The fraction of sp³-hybridized carbons (Fsp3) is 0.625. The van der Waals surface area contributed by atoms with E-state index in [0.717, 1.165) is 11.1 Å². The number of carbonyl (C=O) groups excluding carboxylic acids is 3. The van der Waals surface area contributed by atoms with E-state index in [-0.39, 0.29) is 24.4 Å². The molecule has 0 aliphatic carbocycles. The minimum atomic E-state index is -0.817. The van der Waals surface area contributed by atoms with Crippen molar-refractivity contribution in [3.8, 4) is 0 Å². The number of hydrogen-bond donors (Lipinski definition) is 2. The van der Waals surface area contributed by atoms with Crippen molar-refractivity contribution in [2.75, 3.05) is 6.54 Å². The van der Waals surface area contributed by atoms with Crippen LogP contribution in [0.4, 0.5) is 4.79 Å². The fourth-order valence-electron chi connectivity index (χ4n) is 3.02. The molecule has 0 radical (unpaired) electrons. The third-order valence-corrected chi connectivity index (χ3v) is 4.55. The molecule has 3 amide bonds. The third-order valence-electron chi connectivity index (χ3n) is 4.55. The van der Waals surface area contributed by atoms with Crippen LogP contribution in [0.15, 0.2) is 24.3 Å². The molecule has 1 rings (SSSR count). The Hall–Kier alpha value is -2.57. The Kier molecular flexibility index (Phi) is 9.09. The van der Waals surface area contributed by atoms with Gasteiger partial charge in [0.2, 0.25) is 11.8 Å². The Morgan fingerprint density at radius 2 is 1.58 bits per heavy atom. The summed E-state index contributed by atoms with van der Waals surface area (Å²) in [6.07, 6.45) is -0.0143. The number of carbonyl (C=O) groups is 3. The van der Waals surface area contributed by atoms with Crippen LogP contribution < -0.4 is 10.6 Å². The third kappa shape index (κ3) is 8.99. The molecule has 0 spiro atoms. The highest BCUT2D eigenvalue weighted by Gasteiger charge is 2.35. The number of rotatable bonds is 7. The zero-order chi connectivity index (χ0) is 24.0. The number of nitrogens with zero attached hydrogens (tertiary/aromatic N) is 1. The zero-order valence-electron chi connectivity index (χ0n) is 20.5. The summed E-state index contributed by atoms with van der Waals surface area (Å²) in [7, 11) is 0. The van der Waals surface area contributed by atoms with Gasteiger partial charge in [-0.1, -0.05) is 36.8 Å². The van der Waals surface area contributed by atoms with Crippen molar-refractivity contribution in [3.05, 3.63) is 35.4 Å². The van der Waals surface area contributed by atoms with E-state index in [4.69, 9.17) is 4.74 Å². The molecule has 0 heterocycles. The van der Waals surface area contributed by atoms with Crippen LogP contribution in [0.1, 0.15) is 79.0 Å². The highest BCUT2D eigenvalue weighted by molar-refractivity contribution is 5.91.